The van der Waals surface area contributed by atoms with Gasteiger partial charge in [0.25, 0.3) is 0 Å². The number of likely N-dealkylation sites (tertiary alicyclic amines) is 1. The van der Waals surface area contributed by atoms with Crippen molar-refractivity contribution in [3.8, 4) is 11.5 Å². The molecule has 0 saturated carbocycles. The lowest BCUT2D eigenvalue weighted by atomic mass is 9.90. The zero-order valence-corrected chi connectivity index (χ0v) is 20.2. The molecule has 2 aliphatic heterocycles. The molecule has 1 saturated heterocycles. The first-order valence-electron chi connectivity index (χ1n) is 12.3. The topological polar surface area (TPSA) is 55.2 Å². The third kappa shape index (κ3) is 4.84. The predicted molar refractivity (Wildman–Crippen MR) is 134 cm³/mol. The lowest BCUT2D eigenvalue weighted by Crippen LogP contribution is -2.42. The van der Waals surface area contributed by atoms with Crippen LogP contribution in [0.5, 0.6) is 11.5 Å². The van der Waals surface area contributed by atoms with Gasteiger partial charge >= 0.3 is 5.63 Å². The third-order valence-electron chi connectivity index (χ3n) is 7.49. The van der Waals surface area contributed by atoms with Gasteiger partial charge < -0.3 is 18.8 Å². The average molecular weight is 463 g/mol. The third-order valence-corrected chi connectivity index (χ3v) is 7.49. The summed E-state index contributed by atoms with van der Waals surface area (Å²) < 4.78 is 16.5. The lowest BCUT2D eigenvalue weighted by Gasteiger charge is -2.35. The summed E-state index contributed by atoms with van der Waals surface area (Å²) in [4.78, 5) is 17.8. The molecule has 3 aromatic rings. The number of nitrogens with zero attached hydrogens (tertiary/aromatic N) is 2. The zero-order valence-electron chi connectivity index (χ0n) is 20.2. The summed E-state index contributed by atoms with van der Waals surface area (Å²) in [6.07, 6.45) is 4.56. The number of fused-ring (bicyclic) bond motifs is 3. The van der Waals surface area contributed by atoms with Crippen LogP contribution in [0.1, 0.15) is 29.5 Å². The van der Waals surface area contributed by atoms with E-state index in [1.807, 2.05) is 6.07 Å². The molecule has 0 amide bonds. The van der Waals surface area contributed by atoms with Crippen LogP contribution in [-0.4, -0.2) is 56.7 Å². The molecule has 0 bridgehead atoms. The lowest BCUT2D eigenvalue weighted by molar-refractivity contribution is 0.149. The smallest absolute Gasteiger partial charge is 0.341 e. The molecule has 34 heavy (non-hydrogen) atoms. The van der Waals surface area contributed by atoms with E-state index in [2.05, 4.69) is 40.1 Å². The van der Waals surface area contributed by atoms with Gasteiger partial charge in [-0.2, -0.15) is 0 Å². The van der Waals surface area contributed by atoms with Crippen molar-refractivity contribution in [1.29, 1.82) is 0 Å². The second-order valence-electron chi connectivity index (χ2n) is 9.55. The van der Waals surface area contributed by atoms with Crippen molar-refractivity contribution in [3.63, 3.8) is 0 Å². The molecule has 180 valence electrons. The normalized spacial score (nSPS) is 17.6. The van der Waals surface area contributed by atoms with Crippen molar-refractivity contribution in [1.82, 2.24) is 9.80 Å². The Morgan fingerprint density at radius 3 is 2.35 bits per heavy atom. The number of hydrogen-bond acceptors (Lipinski definition) is 6. The van der Waals surface area contributed by atoms with Crippen LogP contribution < -0.4 is 15.1 Å². The summed E-state index contributed by atoms with van der Waals surface area (Å²) in [5, 5.41) is 0.951. The predicted octanol–water partition coefficient (Wildman–Crippen LogP) is 4.12. The minimum absolute atomic E-state index is 0.235. The van der Waals surface area contributed by atoms with E-state index in [1.165, 1.54) is 24.8 Å². The van der Waals surface area contributed by atoms with Gasteiger partial charge in [-0.3, -0.25) is 4.90 Å². The number of rotatable bonds is 7. The molecule has 0 N–H and O–H groups in total. The van der Waals surface area contributed by atoms with Crippen LogP contribution >= 0.6 is 0 Å². The fourth-order valence-electron chi connectivity index (χ4n) is 5.48. The Morgan fingerprint density at radius 1 is 0.912 bits per heavy atom. The Kier molecular flexibility index (Phi) is 6.88. The van der Waals surface area contributed by atoms with E-state index in [-0.39, 0.29) is 5.63 Å². The number of methoxy groups -OCH3 is 2. The van der Waals surface area contributed by atoms with Crippen LogP contribution in [-0.2, 0) is 19.4 Å². The van der Waals surface area contributed by atoms with E-state index in [4.69, 9.17) is 13.9 Å². The Labute approximate surface area is 201 Å². The second-order valence-corrected chi connectivity index (χ2v) is 9.55. The van der Waals surface area contributed by atoms with Gasteiger partial charge in [-0.05, 0) is 61.9 Å². The van der Waals surface area contributed by atoms with Crippen LogP contribution in [0.3, 0.4) is 0 Å². The maximum Gasteiger partial charge on any atom is 0.341 e. The Bertz CT molecular complexity index is 1180. The minimum Gasteiger partial charge on any atom is -0.493 e. The number of hydrogen-bond donors (Lipinski definition) is 0. The highest BCUT2D eigenvalue weighted by Gasteiger charge is 2.25. The fraction of sp³-hybridized carbons (Fsp3) is 0.464. The van der Waals surface area contributed by atoms with Gasteiger partial charge in [-0.25, -0.2) is 4.79 Å². The van der Waals surface area contributed by atoms with Crippen molar-refractivity contribution in [2.75, 3.05) is 46.9 Å². The molecular weight excluding hydrogens is 428 g/mol. The summed E-state index contributed by atoms with van der Waals surface area (Å²) >= 11 is 0. The van der Waals surface area contributed by atoms with Gasteiger partial charge in [-0.1, -0.05) is 30.3 Å². The maximum absolute atomic E-state index is 12.8. The number of ether oxygens (including phenoxy) is 2. The molecule has 0 spiro atoms. The van der Waals surface area contributed by atoms with Crippen molar-refractivity contribution >= 4 is 11.0 Å². The van der Waals surface area contributed by atoms with E-state index >= 15 is 0 Å². The van der Waals surface area contributed by atoms with Gasteiger partial charge in [0.05, 0.1) is 19.8 Å². The van der Waals surface area contributed by atoms with Gasteiger partial charge in [0.1, 0.15) is 5.58 Å². The van der Waals surface area contributed by atoms with Crippen molar-refractivity contribution < 1.29 is 13.9 Å². The average Bonchev–Trinajstić information content (AvgIpc) is 2.88. The van der Waals surface area contributed by atoms with Crippen molar-refractivity contribution in [2.45, 2.75) is 32.2 Å². The molecular formula is C28H34N2O4. The summed E-state index contributed by atoms with van der Waals surface area (Å²) in [7, 11) is 3.21. The summed E-state index contributed by atoms with van der Waals surface area (Å²) in [6.45, 7) is 5.95. The Hall–Kier alpha value is -2.83. The van der Waals surface area contributed by atoms with Gasteiger partial charge in [-0.15, -0.1) is 0 Å². The molecule has 0 atom stereocenters. The SMILES string of the molecule is COc1cc2oc(=O)c3c(c2cc1OC)CCN(CCN1CCC(Cc2ccccc2)CC1)C3. The first kappa shape index (κ1) is 22.9. The summed E-state index contributed by atoms with van der Waals surface area (Å²) in [5.41, 5.74) is 3.66. The number of benzene rings is 2. The highest BCUT2D eigenvalue weighted by Crippen LogP contribution is 2.35. The molecule has 3 heterocycles. The quantitative estimate of drug-likeness (QED) is 0.493. The fourth-order valence-corrected chi connectivity index (χ4v) is 5.48. The molecule has 6 nitrogen and oxygen atoms in total. The number of piperidine rings is 1. The van der Waals surface area contributed by atoms with E-state index < -0.39 is 0 Å². The van der Waals surface area contributed by atoms with Crippen molar-refractivity contribution in [2.24, 2.45) is 5.92 Å². The highest BCUT2D eigenvalue weighted by atomic mass is 16.5. The van der Waals surface area contributed by atoms with E-state index in [1.54, 1.807) is 20.3 Å². The summed E-state index contributed by atoms with van der Waals surface area (Å²) in [5.74, 6) is 2.02. The molecule has 6 heteroatoms. The minimum atomic E-state index is -0.235. The molecule has 2 aromatic carbocycles. The van der Waals surface area contributed by atoms with Gasteiger partial charge in [0.2, 0.25) is 0 Å². The highest BCUT2D eigenvalue weighted by molar-refractivity contribution is 5.85. The van der Waals surface area contributed by atoms with Gasteiger partial charge in [0, 0.05) is 37.6 Å². The van der Waals surface area contributed by atoms with Crippen LogP contribution in [0.15, 0.2) is 51.7 Å². The standard InChI is InChI=1S/C28H34N2O4/c1-32-26-17-23-22-10-13-30(19-24(22)28(31)34-25(23)18-27(26)33-2)15-14-29-11-8-21(9-12-29)16-20-6-4-3-5-7-20/h3-7,17-18,21H,8-16,19H2,1-2H3. The Morgan fingerprint density at radius 2 is 1.62 bits per heavy atom. The van der Waals surface area contributed by atoms with Crippen LogP contribution in [0.25, 0.3) is 11.0 Å². The zero-order chi connectivity index (χ0) is 23.5. The second kappa shape index (κ2) is 10.2. The first-order chi connectivity index (χ1) is 16.6. The molecule has 1 aromatic heterocycles. The molecule has 0 radical (unpaired) electrons. The van der Waals surface area contributed by atoms with E-state index in [0.29, 0.717) is 23.6 Å². The molecule has 1 fully saturated rings. The molecule has 0 aliphatic carbocycles. The van der Waals surface area contributed by atoms with E-state index in [0.717, 1.165) is 61.6 Å². The molecule has 5 rings (SSSR count). The molecule has 2 aliphatic rings. The van der Waals surface area contributed by atoms with E-state index in [9.17, 15) is 4.79 Å². The maximum atomic E-state index is 12.8. The van der Waals surface area contributed by atoms with Crippen LogP contribution in [0.2, 0.25) is 0 Å². The van der Waals surface area contributed by atoms with Crippen molar-refractivity contribution in [3.05, 3.63) is 69.6 Å². The van der Waals surface area contributed by atoms with Crippen LogP contribution in [0.4, 0.5) is 0 Å². The summed E-state index contributed by atoms with van der Waals surface area (Å²) in [6, 6.07) is 14.5. The first-order valence-corrected chi connectivity index (χ1v) is 12.3. The Balaban J connectivity index is 1.19. The monoisotopic (exact) mass is 462 g/mol. The van der Waals surface area contributed by atoms with Crippen LogP contribution in [0, 0.1) is 5.92 Å². The van der Waals surface area contributed by atoms with Gasteiger partial charge in [0.15, 0.2) is 11.5 Å². The largest absolute Gasteiger partial charge is 0.493 e. The molecule has 0 unspecified atom stereocenters.